The lowest BCUT2D eigenvalue weighted by atomic mass is 9.96. The molecule has 4 nitrogen and oxygen atoms in total. The van der Waals surface area contributed by atoms with Crippen molar-refractivity contribution in [2.24, 2.45) is 0 Å². The zero-order valence-electron chi connectivity index (χ0n) is 12.5. The van der Waals surface area contributed by atoms with Crippen molar-refractivity contribution in [2.45, 2.75) is 19.3 Å². The highest BCUT2D eigenvalue weighted by atomic mass is 16.1. The van der Waals surface area contributed by atoms with E-state index in [0.717, 1.165) is 17.3 Å². The summed E-state index contributed by atoms with van der Waals surface area (Å²) in [4.78, 5) is 12.4. The highest BCUT2D eigenvalue weighted by Gasteiger charge is 2.16. The number of hydrogen-bond acceptors (Lipinski definition) is 2. The van der Waals surface area contributed by atoms with Gasteiger partial charge in [-0.25, -0.2) is 0 Å². The summed E-state index contributed by atoms with van der Waals surface area (Å²) in [5.74, 6) is 0.183. The van der Waals surface area contributed by atoms with Crippen LogP contribution >= 0.6 is 0 Å². The number of carbonyl (C=O) groups is 1. The number of benzene rings is 2. The Morgan fingerprint density at radius 3 is 2.64 bits per heavy atom. The molecule has 0 fully saturated rings. The van der Waals surface area contributed by atoms with E-state index in [1.54, 1.807) is 0 Å². The molecule has 3 aromatic rings. The van der Waals surface area contributed by atoms with Gasteiger partial charge in [0.15, 0.2) is 5.69 Å². The first-order valence-electron chi connectivity index (χ1n) is 7.56. The molecule has 0 aliphatic heterocycles. The summed E-state index contributed by atoms with van der Waals surface area (Å²) in [6.45, 7) is 2.74. The van der Waals surface area contributed by atoms with Crippen molar-refractivity contribution >= 4 is 16.8 Å². The van der Waals surface area contributed by atoms with Gasteiger partial charge < -0.3 is 5.32 Å². The molecule has 0 saturated heterocycles. The van der Waals surface area contributed by atoms with Gasteiger partial charge in [0.05, 0.1) is 5.52 Å². The van der Waals surface area contributed by atoms with E-state index < -0.39 is 0 Å². The molecule has 1 aromatic heterocycles. The van der Waals surface area contributed by atoms with E-state index in [1.807, 2.05) is 42.5 Å². The second-order valence-corrected chi connectivity index (χ2v) is 5.34. The molecule has 0 radical (unpaired) electrons. The second-order valence-electron chi connectivity index (χ2n) is 5.34. The molecule has 3 rings (SSSR count). The first kappa shape index (κ1) is 14.3. The van der Waals surface area contributed by atoms with Gasteiger partial charge in [0.1, 0.15) is 0 Å². The SMILES string of the molecule is CC[C@H](CNC(=O)c1n[nH]c2ccccc12)c1ccccc1. The zero-order chi connectivity index (χ0) is 15.4. The van der Waals surface area contributed by atoms with Crippen LogP contribution in [0.5, 0.6) is 0 Å². The number of H-pyrrole nitrogens is 1. The normalized spacial score (nSPS) is 12.2. The number of hydrogen-bond donors (Lipinski definition) is 2. The van der Waals surface area contributed by atoms with Gasteiger partial charge >= 0.3 is 0 Å². The summed E-state index contributed by atoms with van der Waals surface area (Å²) < 4.78 is 0. The Kier molecular flexibility index (Phi) is 4.19. The number of carbonyl (C=O) groups excluding carboxylic acids is 1. The average molecular weight is 293 g/mol. The summed E-state index contributed by atoms with van der Waals surface area (Å²) in [5, 5.41) is 10.9. The molecule has 0 aliphatic rings. The molecule has 2 aromatic carbocycles. The van der Waals surface area contributed by atoms with Crippen molar-refractivity contribution in [1.82, 2.24) is 15.5 Å². The predicted octanol–water partition coefficient (Wildman–Crippen LogP) is 3.49. The quantitative estimate of drug-likeness (QED) is 0.756. The van der Waals surface area contributed by atoms with E-state index in [9.17, 15) is 4.79 Å². The Hall–Kier alpha value is -2.62. The highest BCUT2D eigenvalue weighted by Crippen LogP contribution is 2.19. The molecule has 2 N–H and O–H groups in total. The van der Waals surface area contributed by atoms with Crippen LogP contribution in [0.1, 0.15) is 35.3 Å². The van der Waals surface area contributed by atoms with E-state index in [-0.39, 0.29) is 5.91 Å². The summed E-state index contributed by atoms with van der Waals surface area (Å²) >= 11 is 0. The predicted molar refractivity (Wildman–Crippen MR) is 87.9 cm³/mol. The Morgan fingerprint density at radius 2 is 1.86 bits per heavy atom. The number of nitrogens with zero attached hydrogens (tertiary/aromatic N) is 1. The molecule has 22 heavy (non-hydrogen) atoms. The van der Waals surface area contributed by atoms with Crippen molar-refractivity contribution in [3.8, 4) is 0 Å². The van der Waals surface area contributed by atoms with Crippen LogP contribution in [0.3, 0.4) is 0 Å². The van der Waals surface area contributed by atoms with Gasteiger partial charge in [-0.15, -0.1) is 0 Å². The maximum absolute atomic E-state index is 12.4. The van der Waals surface area contributed by atoms with E-state index in [1.165, 1.54) is 5.56 Å². The molecule has 4 heteroatoms. The van der Waals surface area contributed by atoms with Crippen LogP contribution in [0.2, 0.25) is 0 Å². The third-order valence-corrected chi connectivity index (χ3v) is 3.96. The van der Waals surface area contributed by atoms with E-state index in [0.29, 0.717) is 18.2 Å². The molecule has 0 saturated carbocycles. The van der Waals surface area contributed by atoms with Crippen LogP contribution in [0.15, 0.2) is 54.6 Å². The number of fused-ring (bicyclic) bond motifs is 1. The van der Waals surface area contributed by atoms with Gasteiger partial charge in [-0.2, -0.15) is 5.10 Å². The van der Waals surface area contributed by atoms with Gasteiger partial charge in [0.25, 0.3) is 5.91 Å². The number of rotatable bonds is 5. The lowest BCUT2D eigenvalue weighted by molar-refractivity contribution is 0.0947. The van der Waals surface area contributed by atoms with Gasteiger partial charge in [-0.3, -0.25) is 9.89 Å². The van der Waals surface area contributed by atoms with Gasteiger partial charge in [-0.1, -0.05) is 55.5 Å². The van der Waals surface area contributed by atoms with Crippen molar-refractivity contribution in [3.63, 3.8) is 0 Å². The second kappa shape index (κ2) is 6.43. The maximum atomic E-state index is 12.4. The standard InChI is InChI=1S/C18H19N3O/c1-2-13(14-8-4-3-5-9-14)12-19-18(22)17-15-10-6-7-11-16(15)20-21-17/h3-11,13H,2,12H2,1H3,(H,19,22)(H,20,21)/t13-/m1/s1. The van der Waals surface area contributed by atoms with Crippen LogP contribution in [-0.2, 0) is 0 Å². The van der Waals surface area contributed by atoms with E-state index >= 15 is 0 Å². The van der Waals surface area contributed by atoms with E-state index in [4.69, 9.17) is 0 Å². The monoisotopic (exact) mass is 293 g/mol. The molecule has 1 amide bonds. The van der Waals surface area contributed by atoms with Crippen molar-refractivity contribution in [2.75, 3.05) is 6.54 Å². The molecule has 1 heterocycles. The molecule has 0 aliphatic carbocycles. The van der Waals surface area contributed by atoms with Crippen LogP contribution in [0.4, 0.5) is 0 Å². The van der Waals surface area contributed by atoms with Crippen molar-refractivity contribution in [3.05, 3.63) is 65.9 Å². The van der Waals surface area contributed by atoms with Crippen molar-refractivity contribution in [1.29, 1.82) is 0 Å². The number of para-hydroxylation sites is 1. The summed E-state index contributed by atoms with van der Waals surface area (Å²) in [5.41, 5.74) is 2.58. The number of aromatic nitrogens is 2. The fourth-order valence-electron chi connectivity index (χ4n) is 2.66. The minimum atomic E-state index is -0.133. The molecule has 0 spiro atoms. The van der Waals surface area contributed by atoms with Crippen LogP contribution < -0.4 is 5.32 Å². The maximum Gasteiger partial charge on any atom is 0.272 e. The van der Waals surface area contributed by atoms with E-state index in [2.05, 4.69) is 34.6 Å². The summed E-state index contributed by atoms with van der Waals surface area (Å²) in [6, 6.07) is 17.9. The highest BCUT2D eigenvalue weighted by molar-refractivity contribution is 6.04. The molecular weight excluding hydrogens is 274 g/mol. The Balaban J connectivity index is 1.72. The average Bonchev–Trinajstić information content (AvgIpc) is 3.00. The van der Waals surface area contributed by atoms with Gasteiger partial charge in [0.2, 0.25) is 0 Å². The zero-order valence-corrected chi connectivity index (χ0v) is 12.5. The van der Waals surface area contributed by atoms with Crippen molar-refractivity contribution < 1.29 is 4.79 Å². The molecule has 0 bridgehead atoms. The summed E-state index contributed by atoms with van der Waals surface area (Å²) in [7, 11) is 0. The Bertz CT molecular complexity index is 764. The number of amides is 1. The Labute approximate surface area is 129 Å². The van der Waals surface area contributed by atoms with Crippen LogP contribution in [-0.4, -0.2) is 22.6 Å². The molecule has 112 valence electrons. The lowest BCUT2D eigenvalue weighted by Crippen LogP contribution is -2.28. The molecule has 0 unspecified atom stereocenters. The van der Waals surface area contributed by atoms with Crippen LogP contribution in [0, 0.1) is 0 Å². The topological polar surface area (TPSA) is 57.8 Å². The minimum absolute atomic E-state index is 0.133. The number of nitrogens with one attached hydrogen (secondary N) is 2. The molecule has 1 atom stereocenters. The third-order valence-electron chi connectivity index (χ3n) is 3.96. The fourth-order valence-corrected chi connectivity index (χ4v) is 2.66. The number of aromatic amines is 1. The smallest absolute Gasteiger partial charge is 0.272 e. The first-order valence-corrected chi connectivity index (χ1v) is 7.56. The summed E-state index contributed by atoms with van der Waals surface area (Å²) in [6.07, 6.45) is 0.978. The first-order chi connectivity index (χ1) is 10.8. The fraction of sp³-hybridized carbons (Fsp3) is 0.222. The third kappa shape index (κ3) is 2.86. The van der Waals surface area contributed by atoms with Gasteiger partial charge in [-0.05, 0) is 18.1 Å². The largest absolute Gasteiger partial charge is 0.350 e. The lowest BCUT2D eigenvalue weighted by Gasteiger charge is -2.15. The van der Waals surface area contributed by atoms with Crippen LogP contribution in [0.25, 0.3) is 10.9 Å². The minimum Gasteiger partial charge on any atom is -0.350 e. The molecular formula is C18H19N3O. The van der Waals surface area contributed by atoms with Gasteiger partial charge in [0, 0.05) is 17.8 Å². The Morgan fingerprint density at radius 1 is 1.14 bits per heavy atom.